The summed E-state index contributed by atoms with van der Waals surface area (Å²) in [4.78, 5) is 28.5. The van der Waals surface area contributed by atoms with Crippen LogP contribution in [-0.4, -0.2) is 67.4 Å². The Morgan fingerprint density at radius 3 is 2.52 bits per heavy atom. The summed E-state index contributed by atoms with van der Waals surface area (Å²) in [6.45, 7) is 7.06. The molecule has 0 saturated carbocycles. The smallest absolute Gasteiger partial charge is 0.236 e. The molecule has 2 saturated heterocycles. The molecule has 2 fully saturated rings. The fraction of sp³-hybridized carbons (Fsp3) is 0.875. The molecule has 0 spiro atoms. The largest absolute Gasteiger partial charge is 0.355 e. The third kappa shape index (κ3) is 6.28. The normalized spacial score (nSPS) is 23.2. The first-order valence-electron chi connectivity index (χ1n) is 8.58. The first kappa shape index (κ1) is 20.2. The number of likely N-dealkylation sites (tertiary alicyclic amines) is 2. The minimum Gasteiger partial charge on any atom is -0.355 e. The van der Waals surface area contributed by atoms with Crippen molar-refractivity contribution in [2.75, 3.05) is 45.8 Å². The van der Waals surface area contributed by atoms with E-state index in [2.05, 4.69) is 17.1 Å². The number of nitrogens with two attached hydrogens (primary N) is 1. The average Bonchev–Trinajstić information content (AvgIpc) is 2.53. The van der Waals surface area contributed by atoms with Crippen LogP contribution in [0.5, 0.6) is 0 Å². The van der Waals surface area contributed by atoms with Gasteiger partial charge in [-0.2, -0.15) is 0 Å². The van der Waals surface area contributed by atoms with E-state index in [-0.39, 0.29) is 30.1 Å². The van der Waals surface area contributed by atoms with E-state index in [1.54, 1.807) is 0 Å². The van der Waals surface area contributed by atoms with Crippen LogP contribution in [0.15, 0.2) is 0 Å². The third-order valence-electron chi connectivity index (χ3n) is 4.82. The summed E-state index contributed by atoms with van der Waals surface area (Å²) in [5.41, 5.74) is 5.42. The monoisotopic (exact) mass is 346 g/mol. The van der Waals surface area contributed by atoms with Crippen molar-refractivity contribution in [3.05, 3.63) is 0 Å². The summed E-state index contributed by atoms with van der Waals surface area (Å²) in [6, 6.07) is 0. The van der Waals surface area contributed by atoms with Crippen molar-refractivity contribution in [2.45, 2.75) is 32.6 Å². The standard InChI is InChI=1S/C16H30N4O2.ClH/c1-13-4-9-20(10-5-13)15(21)12-19-8-2-3-14(11-19)16(22)18-7-6-17;/h13-14H,2-12,17H2,1H3,(H,18,22);1H. The van der Waals surface area contributed by atoms with Crippen LogP contribution in [0.4, 0.5) is 0 Å². The zero-order valence-electron chi connectivity index (χ0n) is 14.1. The van der Waals surface area contributed by atoms with Crippen molar-refractivity contribution in [3.8, 4) is 0 Å². The van der Waals surface area contributed by atoms with Gasteiger partial charge in [-0.1, -0.05) is 6.92 Å². The van der Waals surface area contributed by atoms with Gasteiger partial charge in [-0.05, 0) is 38.1 Å². The lowest BCUT2D eigenvalue weighted by Gasteiger charge is -2.35. The van der Waals surface area contributed by atoms with Crippen molar-refractivity contribution in [1.82, 2.24) is 15.1 Å². The lowest BCUT2D eigenvalue weighted by atomic mass is 9.96. The zero-order valence-corrected chi connectivity index (χ0v) is 14.9. The van der Waals surface area contributed by atoms with Gasteiger partial charge in [0.05, 0.1) is 12.5 Å². The van der Waals surface area contributed by atoms with Gasteiger partial charge in [-0.25, -0.2) is 0 Å². The van der Waals surface area contributed by atoms with Crippen LogP contribution in [0.2, 0.25) is 0 Å². The highest BCUT2D eigenvalue weighted by Crippen LogP contribution is 2.19. The molecule has 6 nitrogen and oxygen atoms in total. The summed E-state index contributed by atoms with van der Waals surface area (Å²) in [6.07, 6.45) is 4.10. The number of piperidine rings is 2. The molecule has 2 heterocycles. The molecule has 2 amide bonds. The van der Waals surface area contributed by atoms with E-state index in [4.69, 9.17) is 5.73 Å². The highest BCUT2D eigenvalue weighted by molar-refractivity contribution is 5.85. The second kappa shape index (κ2) is 10.1. The van der Waals surface area contributed by atoms with Crippen LogP contribution in [0.1, 0.15) is 32.6 Å². The molecule has 23 heavy (non-hydrogen) atoms. The Morgan fingerprint density at radius 2 is 1.87 bits per heavy atom. The summed E-state index contributed by atoms with van der Waals surface area (Å²) in [5, 5.41) is 2.86. The highest BCUT2D eigenvalue weighted by atomic mass is 35.5. The highest BCUT2D eigenvalue weighted by Gasteiger charge is 2.28. The third-order valence-corrected chi connectivity index (χ3v) is 4.82. The van der Waals surface area contributed by atoms with Crippen LogP contribution in [0.3, 0.4) is 0 Å². The molecular weight excluding hydrogens is 316 g/mol. The molecule has 3 N–H and O–H groups in total. The quantitative estimate of drug-likeness (QED) is 0.757. The number of carbonyl (C=O) groups excluding carboxylic acids is 2. The van der Waals surface area contributed by atoms with E-state index in [1.807, 2.05) is 4.90 Å². The summed E-state index contributed by atoms with van der Waals surface area (Å²) < 4.78 is 0. The van der Waals surface area contributed by atoms with E-state index in [1.165, 1.54) is 0 Å². The van der Waals surface area contributed by atoms with E-state index in [9.17, 15) is 9.59 Å². The minimum atomic E-state index is -0.00511. The molecule has 2 rings (SSSR count). The molecule has 2 aliphatic heterocycles. The maximum Gasteiger partial charge on any atom is 0.236 e. The Bertz CT molecular complexity index is 386. The molecule has 1 unspecified atom stereocenters. The number of carbonyl (C=O) groups is 2. The Kier molecular flexibility index (Phi) is 8.87. The van der Waals surface area contributed by atoms with Crippen molar-refractivity contribution < 1.29 is 9.59 Å². The molecule has 0 aromatic carbocycles. The summed E-state index contributed by atoms with van der Waals surface area (Å²) >= 11 is 0. The molecule has 0 radical (unpaired) electrons. The summed E-state index contributed by atoms with van der Waals surface area (Å²) in [5.74, 6) is 1.02. The van der Waals surface area contributed by atoms with Crippen molar-refractivity contribution in [1.29, 1.82) is 0 Å². The Labute approximate surface area is 145 Å². The first-order valence-corrected chi connectivity index (χ1v) is 8.58. The van der Waals surface area contributed by atoms with E-state index >= 15 is 0 Å². The van der Waals surface area contributed by atoms with E-state index < -0.39 is 0 Å². The summed E-state index contributed by atoms with van der Waals surface area (Å²) in [7, 11) is 0. The number of nitrogens with zero attached hydrogens (tertiary/aromatic N) is 2. The Morgan fingerprint density at radius 1 is 1.17 bits per heavy atom. The molecule has 0 aliphatic carbocycles. The predicted octanol–water partition coefficient (Wildman–Crippen LogP) is 0.454. The number of hydrogen-bond donors (Lipinski definition) is 2. The van der Waals surface area contributed by atoms with Crippen molar-refractivity contribution in [3.63, 3.8) is 0 Å². The molecule has 1 atom stereocenters. The van der Waals surface area contributed by atoms with E-state index in [0.717, 1.165) is 51.2 Å². The molecular formula is C16H31ClN4O2. The Hall–Kier alpha value is -0.850. The average molecular weight is 347 g/mol. The van der Waals surface area contributed by atoms with Crippen LogP contribution in [0, 0.1) is 11.8 Å². The van der Waals surface area contributed by atoms with E-state index in [0.29, 0.717) is 26.2 Å². The number of amides is 2. The van der Waals surface area contributed by atoms with Crippen LogP contribution < -0.4 is 11.1 Å². The van der Waals surface area contributed by atoms with Crippen molar-refractivity contribution in [2.24, 2.45) is 17.6 Å². The van der Waals surface area contributed by atoms with Gasteiger partial charge < -0.3 is 16.0 Å². The van der Waals surface area contributed by atoms with Crippen LogP contribution in [0.25, 0.3) is 0 Å². The molecule has 0 bridgehead atoms. The number of nitrogens with one attached hydrogen (secondary N) is 1. The molecule has 2 aliphatic rings. The van der Waals surface area contributed by atoms with Gasteiger partial charge in [0.15, 0.2) is 0 Å². The van der Waals surface area contributed by atoms with Gasteiger partial charge in [0.1, 0.15) is 0 Å². The van der Waals surface area contributed by atoms with Gasteiger partial charge >= 0.3 is 0 Å². The van der Waals surface area contributed by atoms with Gasteiger partial charge in [-0.15, -0.1) is 12.4 Å². The maximum absolute atomic E-state index is 12.4. The number of halogens is 1. The number of rotatable bonds is 5. The molecule has 0 aromatic rings. The minimum absolute atomic E-state index is 0. The van der Waals surface area contributed by atoms with Crippen LogP contribution >= 0.6 is 12.4 Å². The zero-order chi connectivity index (χ0) is 15.9. The number of hydrogen-bond acceptors (Lipinski definition) is 4. The van der Waals surface area contributed by atoms with Crippen LogP contribution in [-0.2, 0) is 9.59 Å². The predicted molar refractivity (Wildman–Crippen MR) is 93.5 cm³/mol. The second-order valence-corrected chi connectivity index (χ2v) is 6.72. The molecule has 134 valence electrons. The second-order valence-electron chi connectivity index (χ2n) is 6.72. The fourth-order valence-electron chi connectivity index (χ4n) is 3.30. The van der Waals surface area contributed by atoms with Gasteiger partial charge in [0.25, 0.3) is 0 Å². The maximum atomic E-state index is 12.4. The lowest BCUT2D eigenvalue weighted by Crippen LogP contribution is -2.49. The van der Waals surface area contributed by atoms with Gasteiger partial charge in [0, 0.05) is 32.7 Å². The fourth-order valence-corrected chi connectivity index (χ4v) is 3.30. The SMILES string of the molecule is CC1CCN(C(=O)CN2CCCC(C(=O)NCCN)C2)CC1.Cl. The first-order chi connectivity index (χ1) is 10.6. The van der Waals surface area contributed by atoms with Crippen molar-refractivity contribution >= 4 is 24.2 Å². The Balaban J connectivity index is 0.00000264. The molecule has 7 heteroatoms. The van der Waals surface area contributed by atoms with Gasteiger partial charge in [0.2, 0.25) is 11.8 Å². The van der Waals surface area contributed by atoms with Gasteiger partial charge in [-0.3, -0.25) is 14.5 Å². The lowest BCUT2D eigenvalue weighted by molar-refractivity contribution is -0.135. The topological polar surface area (TPSA) is 78.7 Å². The molecule has 0 aromatic heterocycles.